The van der Waals surface area contributed by atoms with Gasteiger partial charge in [0.25, 0.3) is 5.91 Å². The molecule has 1 aromatic heterocycles. The number of allylic oxidation sites excluding steroid dienone is 1. The van der Waals surface area contributed by atoms with Crippen molar-refractivity contribution in [2.45, 2.75) is 38.2 Å². The zero-order valence-corrected chi connectivity index (χ0v) is 14.5. The maximum atomic E-state index is 12.5. The van der Waals surface area contributed by atoms with Crippen LogP contribution < -0.4 is 9.64 Å². The van der Waals surface area contributed by atoms with E-state index in [0.717, 1.165) is 43.9 Å². The molecule has 1 aromatic rings. The molecule has 0 aromatic carbocycles. The van der Waals surface area contributed by atoms with Crippen LogP contribution in [0.2, 0.25) is 0 Å². The van der Waals surface area contributed by atoms with E-state index in [0.29, 0.717) is 25.5 Å². The first-order chi connectivity index (χ1) is 12.3. The summed E-state index contributed by atoms with van der Waals surface area (Å²) in [5, 5.41) is 0. The summed E-state index contributed by atoms with van der Waals surface area (Å²) >= 11 is 0. The van der Waals surface area contributed by atoms with Crippen molar-refractivity contribution in [3.05, 3.63) is 30.2 Å². The van der Waals surface area contributed by atoms with E-state index < -0.39 is 0 Å². The van der Waals surface area contributed by atoms with Gasteiger partial charge in [-0.2, -0.15) is 0 Å². The smallest absolute Gasteiger partial charge is 0.288 e. The number of nitrogens with zero attached hydrogens (tertiary/aromatic N) is 3. The molecule has 134 valence electrons. The van der Waals surface area contributed by atoms with Gasteiger partial charge in [-0.15, -0.1) is 0 Å². The van der Waals surface area contributed by atoms with Crippen LogP contribution >= 0.6 is 0 Å². The van der Waals surface area contributed by atoms with Crippen LogP contribution in [0.25, 0.3) is 0 Å². The lowest BCUT2D eigenvalue weighted by Gasteiger charge is -2.23. The Morgan fingerprint density at radius 1 is 1.24 bits per heavy atom. The minimum atomic E-state index is -0.00301. The SMILES string of the molecule is O=C(C1=CCCCO1)N1CCC(Oc2cccnc2N2CCCC2)C1. The molecule has 0 saturated carbocycles. The van der Waals surface area contributed by atoms with Gasteiger partial charge in [-0.1, -0.05) is 0 Å². The highest BCUT2D eigenvalue weighted by molar-refractivity contribution is 5.91. The average molecular weight is 343 g/mol. The summed E-state index contributed by atoms with van der Waals surface area (Å²) in [5.41, 5.74) is 0. The number of aromatic nitrogens is 1. The molecule has 2 fully saturated rings. The first-order valence-electron chi connectivity index (χ1n) is 9.30. The number of hydrogen-bond donors (Lipinski definition) is 0. The maximum Gasteiger partial charge on any atom is 0.288 e. The summed E-state index contributed by atoms with van der Waals surface area (Å²) < 4.78 is 11.7. The fraction of sp³-hybridized carbons (Fsp3) is 0.579. The molecule has 6 nitrogen and oxygen atoms in total. The largest absolute Gasteiger partial charge is 0.488 e. The van der Waals surface area contributed by atoms with Crippen LogP contribution in [-0.2, 0) is 9.53 Å². The Hall–Kier alpha value is -2.24. The molecular weight excluding hydrogens is 318 g/mol. The van der Waals surface area contributed by atoms with Crippen molar-refractivity contribution in [3.8, 4) is 5.75 Å². The van der Waals surface area contributed by atoms with Crippen LogP contribution in [-0.4, -0.2) is 54.7 Å². The molecule has 1 amide bonds. The highest BCUT2D eigenvalue weighted by Crippen LogP contribution is 2.30. The van der Waals surface area contributed by atoms with E-state index >= 15 is 0 Å². The quantitative estimate of drug-likeness (QED) is 0.840. The van der Waals surface area contributed by atoms with E-state index in [4.69, 9.17) is 9.47 Å². The summed E-state index contributed by atoms with van der Waals surface area (Å²) in [6.07, 6.45) is 8.90. The van der Waals surface area contributed by atoms with E-state index in [9.17, 15) is 4.79 Å². The summed E-state index contributed by atoms with van der Waals surface area (Å²) in [4.78, 5) is 21.2. The Morgan fingerprint density at radius 3 is 2.92 bits per heavy atom. The van der Waals surface area contributed by atoms with E-state index in [2.05, 4.69) is 9.88 Å². The summed E-state index contributed by atoms with van der Waals surface area (Å²) in [6, 6.07) is 3.89. The molecule has 3 aliphatic rings. The molecule has 6 heteroatoms. The van der Waals surface area contributed by atoms with Gasteiger partial charge in [0.15, 0.2) is 17.3 Å². The van der Waals surface area contributed by atoms with Crippen molar-refractivity contribution in [3.63, 3.8) is 0 Å². The van der Waals surface area contributed by atoms with Crippen molar-refractivity contribution < 1.29 is 14.3 Å². The van der Waals surface area contributed by atoms with Gasteiger partial charge in [-0.05, 0) is 43.9 Å². The summed E-state index contributed by atoms with van der Waals surface area (Å²) in [5.74, 6) is 2.27. The predicted molar refractivity (Wildman–Crippen MR) is 94.6 cm³/mol. The first-order valence-corrected chi connectivity index (χ1v) is 9.30. The van der Waals surface area contributed by atoms with Crippen LogP contribution in [0.1, 0.15) is 32.1 Å². The fourth-order valence-corrected chi connectivity index (χ4v) is 3.69. The number of likely N-dealkylation sites (tertiary alicyclic amines) is 1. The second-order valence-electron chi connectivity index (χ2n) is 6.86. The molecule has 3 aliphatic heterocycles. The Balaban J connectivity index is 1.40. The third kappa shape index (κ3) is 3.57. The van der Waals surface area contributed by atoms with Crippen LogP contribution in [0.3, 0.4) is 0 Å². The van der Waals surface area contributed by atoms with Gasteiger partial charge in [-0.25, -0.2) is 4.98 Å². The number of amides is 1. The summed E-state index contributed by atoms with van der Waals surface area (Å²) in [6.45, 7) is 4.03. The van der Waals surface area contributed by atoms with Crippen LogP contribution in [0, 0.1) is 0 Å². The fourth-order valence-electron chi connectivity index (χ4n) is 3.69. The number of rotatable bonds is 4. The molecule has 0 aliphatic carbocycles. The van der Waals surface area contributed by atoms with Crippen LogP contribution in [0.4, 0.5) is 5.82 Å². The van der Waals surface area contributed by atoms with Gasteiger partial charge >= 0.3 is 0 Å². The van der Waals surface area contributed by atoms with Gasteiger partial charge in [-0.3, -0.25) is 4.79 Å². The zero-order chi connectivity index (χ0) is 17.1. The topological polar surface area (TPSA) is 54.9 Å². The Morgan fingerprint density at radius 2 is 2.12 bits per heavy atom. The van der Waals surface area contributed by atoms with E-state index in [-0.39, 0.29) is 12.0 Å². The lowest BCUT2D eigenvalue weighted by atomic mass is 10.2. The van der Waals surface area contributed by atoms with Gasteiger partial charge in [0.2, 0.25) is 0 Å². The molecule has 0 bridgehead atoms. The van der Waals surface area contributed by atoms with Crippen LogP contribution in [0.5, 0.6) is 5.75 Å². The van der Waals surface area contributed by atoms with E-state index in [1.807, 2.05) is 29.3 Å². The maximum absolute atomic E-state index is 12.5. The van der Waals surface area contributed by atoms with Crippen molar-refractivity contribution in [1.82, 2.24) is 9.88 Å². The van der Waals surface area contributed by atoms with E-state index in [1.165, 1.54) is 12.8 Å². The Bertz CT molecular complexity index is 655. The minimum absolute atomic E-state index is 0.00301. The summed E-state index contributed by atoms with van der Waals surface area (Å²) in [7, 11) is 0. The highest BCUT2D eigenvalue weighted by atomic mass is 16.5. The Kier molecular flexibility index (Phi) is 4.76. The molecule has 1 unspecified atom stereocenters. The molecular formula is C19H25N3O3. The van der Waals surface area contributed by atoms with Gasteiger partial charge in [0.05, 0.1) is 13.2 Å². The third-order valence-electron chi connectivity index (χ3n) is 5.03. The average Bonchev–Trinajstić information content (AvgIpc) is 3.34. The standard InChI is InChI=1S/C19H25N3O3/c23-19(17-6-1-4-13-24-17)22-12-8-15(14-22)25-16-7-5-9-20-18(16)21-10-2-3-11-21/h5-7,9,15H,1-4,8,10-14H2. The molecule has 2 saturated heterocycles. The Labute approximate surface area is 148 Å². The normalized spacial score (nSPS) is 23.4. The second kappa shape index (κ2) is 7.33. The number of ether oxygens (including phenoxy) is 2. The first kappa shape index (κ1) is 16.2. The van der Waals surface area contributed by atoms with Gasteiger partial charge in [0, 0.05) is 32.3 Å². The predicted octanol–water partition coefficient (Wildman–Crippen LogP) is 2.36. The second-order valence-corrected chi connectivity index (χ2v) is 6.86. The van der Waals surface area contributed by atoms with E-state index in [1.54, 1.807) is 0 Å². The monoisotopic (exact) mass is 343 g/mol. The van der Waals surface area contributed by atoms with Crippen molar-refractivity contribution in [2.75, 3.05) is 37.7 Å². The highest BCUT2D eigenvalue weighted by Gasteiger charge is 2.31. The molecule has 0 spiro atoms. The number of carbonyl (C=O) groups excluding carboxylic acids is 1. The zero-order valence-electron chi connectivity index (χ0n) is 14.5. The molecule has 25 heavy (non-hydrogen) atoms. The van der Waals surface area contributed by atoms with Crippen LogP contribution in [0.15, 0.2) is 30.2 Å². The molecule has 4 rings (SSSR count). The molecule has 0 radical (unpaired) electrons. The lowest BCUT2D eigenvalue weighted by Crippen LogP contribution is -2.33. The lowest BCUT2D eigenvalue weighted by molar-refractivity contribution is -0.130. The minimum Gasteiger partial charge on any atom is -0.488 e. The van der Waals surface area contributed by atoms with Crippen molar-refractivity contribution >= 4 is 11.7 Å². The van der Waals surface area contributed by atoms with Gasteiger partial charge in [0.1, 0.15) is 6.10 Å². The van der Waals surface area contributed by atoms with Crippen molar-refractivity contribution in [2.24, 2.45) is 0 Å². The van der Waals surface area contributed by atoms with Crippen molar-refractivity contribution in [1.29, 1.82) is 0 Å². The number of anilines is 1. The van der Waals surface area contributed by atoms with Gasteiger partial charge < -0.3 is 19.3 Å². The third-order valence-corrected chi connectivity index (χ3v) is 5.03. The number of carbonyl (C=O) groups is 1. The molecule has 0 N–H and O–H groups in total. The number of pyridine rings is 1. The molecule has 4 heterocycles. The number of hydrogen-bond acceptors (Lipinski definition) is 5. The molecule has 1 atom stereocenters.